The first-order chi connectivity index (χ1) is 17.7. The molecular formula is C28H32N2O6S. The van der Waals surface area contributed by atoms with E-state index in [0.29, 0.717) is 36.6 Å². The molecule has 4 rings (SSSR count). The predicted molar refractivity (Wildman–Crippen MR) is 142 cm³/mol. The van der Waals surface area contributed by atoms with E-state index in [4.69, 9.17) is 14.2 Å². The van der Waals surface area contributed by atoms with E-state index in [1.165, 1.54) is 13.2 Å². The molecule has 196 valence electrons. The Hall–Kier alpha value is -3.56. The lowest BCUT2D eigenvalue weighted by Gasteiger charge is -2.24. The Bertz CT molecular complexity index is 1370. The monoisotopic (exact) mass is 524 g/mol. The number of benzene rings is 3. The molecule has 1 aliphatic rings. The summed E-state index contributed by atoms with van der Waals surface area (Å²) in [6, 6.07) is 18.9. The van der Waals surface area contributed by atoms with Crippen molar-refractivity contribution < 1.29 is 27.4 Å². The van der Waals surface area contributed by atoms with Gasteiger partial charge in [-0.25, -0.2) is 8.42 Å². The molecule has 0 aromatic heterocycles. The predicted octanol–water partition coefficient (Wildman–Crippen LogP) is 4.42. The number of nitrogens with zero attached hydrogens (tertiary/aromatic N) is 1. The molecule has 3 aromatic carbocycles. The van der Waals surface area contributed by atoms with Crippen molar-refractivity contribution in [2.75, 3.05) is 32.1 Å². The lowest BCUT2D eigenvalue weighted by atomic mass is 10.0. The molecule has 1 saturated heterocycles. The van der Waals surface area contributed by atoms with Crippen LogP contribution in [0.25, 0.3) is 0 Å². The van der Waals surface area contributed by atoms with Crippen LogP contribution in [0.3, 0.4) is 0 Å². The molecule has 1 heterocycles. The third kappa shape index (κ3) is 6.06. The van der Waals surface area contributed by atoms with E-state index < -0.39 is 10.0 Å². The number of hydrogen-bond donors (Lipinski definition) is 1. The van der Waals surface area contributed by atoms with Crippen molar-refractivity contribution in [1.29, 1.82) is 0 Å². The minimum Gasteiger partial charge on any atom is -0.495 e. The molecular weight excluding hydrogens is 492 g/mol. The average Bonchev–Trinajstić information content (AvgIpc) is 3.27. The number of para-hydroxylation sites is 1. The molecule has 37 heavy (non-hydrogen) atoms. The molecule has 8 nitrogen and oxygen atoms in total. The van der Waals surface area contributed by atoms with Gasteiger partial charge in [-0.2, -0.15) is 0 Å². The maximum atomic E-state index is 13.4. The quantitative estimate of drug-likeness (QED) is 0.445. The van der Waals surface area contributed by atoms with E-state index in [0.717, 1.165) is 11.1 Å². The molecule has 3 aromatic rings. The Morgan fingerprint density at radius 3 is 2.57 bits per heavy atom. The van der Waals surface area contributed by atoms with Crippen LogP contribution in [0.4, 0.5) is 5.69 Å². The summed E-state index contributed by atoms with van der Waals surface area (Å²) in [6.07, 6.45) is 0.331. The first-order valence-electron chi connectivity index (χ1n) is 12.0. The lowest BCUT2D eigenvalue weighted by molar-refractivity contribution is 0.0624. The molecule has 0 saturated carbocycles. The lowest BCUT2D eigenvalue weighted by Crippen LogP contribution is -2.39. The molecule has 1 amide bonds. The van der Waals surface area contributed by atoms with Gasteiger partial charge >= 0.3 is 0 Å². The molecule has 0 spiro atoms. The minimum atomic E-state index is -3.87. The third-order valence-electron chi connectivity index (χ3n) is 6.37. The van der Waals surface area contributed by atoms with Gasteiger partial charge in [0.1, 0.15) is 22.5 Å². The van der Waals surface area contributed by atoms with Crippen LogP contribution in [0.15, 0.2) is 71.6 Å². The molecule has 0 radical (unpaired) electrons. The topological polar surface area (TPSA) is 94.2 Å². The number of carbonyl (C=O) groups excluding carboxylic acids is 1. The summed E-state index contributed by atoms with van der Waals surface area (Å²) < 4.78 is 45.3. The van der Waals surface area contributed by atoms with E-state index >= 15 is 0 Å². The van der Waals surface area contributed by atoms with Gasteiger partial charge in [0.2, 0.25) is 0 Å². The summed E-state index contributed by atoms with van der Waals surface area (Å²) in [4.78, 5) is 15.3. The van der Waals surface area contributed by atoms with Crippen LogP contribution in [0, 0.1) is 13.8 Å². The van der Waals surface area contributed by atoms with Gasteiger partial charge in [-0.1, -0.05) is 35.9 Å². The fourth-order valence-electron chi connectivity index (χ4n) is 4.56. The number of anilines is 1. The van der Waals surface area contributed by atoms with Crippen molar-refractivity contribution in [3.8, 4) is 11.5 Å². The third-order valence-corrected chi connectivity index (χ3v) is 7.79. The fourth-order valence-corrected chi connectivity index (χ4v) is 5.78. The van der Waals surface area contributed by atoms with Gasteiger partial charge in [-0.3, -0.25) is 9.52 Å². The van der Waals surface area contributed by atoms with Crippen molar-refractivity contribution in [2.45, 2.75) is 37.3 Å². The summed E-state index contributed by atoms with van der Waals surface area (Å²) in [6.45, 7) is 4.69. The summed E-state index contributed by atoms with van der Waals surface area (Å²) in [5.41, 5.74) is 2.98. The van der Waals surface area contributed by atoms with Crippen molar-refractivity contribution in [2.24, 2.45) is 0 Å². The number of sulfonamides is 1. The van der Waals surface area contributed by atoms with Crippen LogP contribution in [-0.4, -0.2) is 58.7 Å². The second-order valence-corrected chi connectivity index (χ2v) is 10.8. The van der Waals surface area contributed by atoms with Crippen molar-refractivity contribution in [1.82, 2.24) is 4.90 Å². The van der Waals surface area contributed by atoms with Crippen molar-refractivity contribution in [3.05, 3.63) is 83.4 Å². The average molecular weight is 525 g/mol. The van der Waals surface area contributed by atoms with Crippen LogP contribution < -0.4 is 14.2 Å². The maximum absolute atomic E-state index is 13.4. The van der Waals surface area contributed by atoms with Crippen LogP contribution in [0.1, 0.15) is 27.9 Å². The zero-order chi connectivity index (χ0) is 26.6. The van der Waals surface area contributed by atoms with E-state index in [9.17, 15) is 13.2 Å². The number of ether oxygens (including phenoxy) is 3. The first-order valence-corrected chi connectivity index (χ1v) is 13.5. The first kappa shape index (κ1) is 26.5. The molecule has 0 aliphatic carbocycles. The number of likely N-dealkylation sites (tertiary alicyclic amines) is 1. The number of hydrogen-bond acceptors (Lipinski definition) is 6. The van der Waals surface area contributed by atoms with E-state index in [2.05, 4.69) is 4.72 Å². The van der Waals surface area contributed by atoms with Crippen LogP contribution in [0.5, 0.6) is 11.5 Å². The highest BCUT2D eigenvalue weighted by molar-refractivity contribution is 7.92. The van der Waals surface area contributed by atoms with Crippen LogP contribution in [-0.2, 0) is 14.8 Å². The number of carbonyl (C=O) groups is 1. The number of methoxy groups -OCH3 is 2. The van der Waals surface area contributed by atoms with Crippen molar-refractivity contribution >= 4 is 21.6 Å². The molecule has 1 aliphatic heterocycles. The highest BCUT2D eigenvalue weighted by Gasteiger charge is 2.37. The zero-order valence-corrected chi connectivity index (χ0v) is 22.2. The number of aryl methyl sites for hydroxylation is 2. The molecule has 2 atom stereocenters. The summed E-state index contributed by atoms with van der Waals surface area (Å²) >= 11 is 0. The van der Waals surface area contributed by atoms with Gasteiger partial charge in [0.15, 0.2) is 0 Å². The fraction of sp³-hybridized carbons (Fsp3) is 0.321. The van der Waals surface area contributed by atoms with Crippen LogP contribution >= 0.6 is 0 Å². The molecule has 9 heteroatoms. The SMILES string of the molecule is COC[C@H]1C[C@H](Oc2cccc(NS(=O)(=O)c3ccccc3OC)c2)CN1C(=O)c1cc(C)ccc1C. The van der Waals surface area contributed by atoms with E-state index in [-0.39, 0.29) is 28.7 Å². The van der Waals surface area contributed by atoms with E-state index in [1.54, 1.807) is 49.6 Å². The van der Waals surface area contributed by atoms with Crippen molar-refractivity contribution in [3.63, 3.8) is 0 Å². The molecule has 0 unspecified atom stereocenters. The molecule has 0 bridgehead atoms. The Morgan fingerprint density at radius 2 is 1.81 bits per heavy atom. The molecule has 1 fully saturated rings. The zero-order valence-electron chi connectivity index (χ0n) is 21.4. The Morgan fingerprint density at radius 1 is 1.03 bits per heavy atom. The largest absolute Gasteiger partial charge is 0.495 e. The van der Waals surface area contributed by atoms with Crippen LogP contribution in [0.2, 0.25) is 0 Å². The Kier molecular flexibility index (Phi) is 8.04. The van der Waals surface area contributed by atoms with Gasteiger partial charge in [-0.05, 0) is 49.7 Å². The van der Waals surface area contributed by atoms with Gasteiger partial charge in [0, 0.05) is 25.2 Å². The summed E-state index contributed by atoms with van der Waals surface area (Å²) in [5.74, 6) is 0.709. The number of amides is 1. The van der Waals surface area contributed by atoms with E-state index in [1.807, 2.05) is 36.9 Å². The van der Waals surface area contributed by atoms with Gasteiger partial charge in [-0.15, -0.1) is 0 Å². The highest BCUT2D eigenvalue weighted by Crippen LogP contribution is 2.29. The summed E-state index contributed by atoms with van der Waals surface area (Å²) in [5, 5.41) is 0. The summed E-state index contributed by atoms with van der Waals surface area (Å²) in [7, 11) is -0.831. The second kappa shape index (κ2) is 11.2. The Labute approximate surface area is 218 Å². The van der Waals surface area contributed by atoms with Gasteiger partial charge in [0.05, 0.1) is 32.0 Å². The normalized spacial score (nSPS) is 17.5. The smallest absolute Gasteiger partial charge is 0.265 e. The second-order valence-electron chi connectivity index (χ2n) is 9.14. The standard InChI is InChI=1S/C28H32N2O6S/c1-19-12-13-20(2)25(14-19)28(31)30-17-24(16-22(30)18-34-3)36-23-9-7-8-21(15-23)29-37(32,33)27-11-6-5-10-26(27)35-4/h5-15,22,24,29H,16-18H2,1-4H3/t22-,24+/m1/s1. The Balaban J connectivity index is 1.50. The number of rotatable bonds is 9. The van der Waals surface area contributed by atoms with Gasteiger partial charge < -0.3 is 19.1 Å². The maximum Gasteiger partial charge on any atom is 0.265 e. The highest BCUT2D eigenvalue weighted by atomic mass is 32.2. The van der Waals surface area contributed by atoms with Gasteiger partial charge in [0.25, 0.3) is 15.9 Å². The number of nitrogens with one attached hydrogen (secondary N) is 1. The molecule has 1 N–H and O–H groups in total. The minimum absolute atomic E-state index is 0.0441.